The highest BCUT2D eigenvalue weighted by atomic mass is 79.9. The van der Waals surface area contributed by atoms with Gasteiger partial charge in [0.25, 0.3) is 0 Å². The van der Waals surface area contributed by atoms with E-state index in [1.807, 2.05) is 24.3 Å². The molecule has 20 heavy (non-hydrogen) atoms. The maximum absolute atomic E-state index is 5.74. The van der Waals surface area contributed by atoms with Gasteiger partial charge in [-0.05, 0) is 30.7 Å². The van der Waals surface area contributed by atoms with Gasteiger partial charge in [0.05, 0.1) is 6.61 Å². The molecule has 0 aliphatic rings. The molecule has 0 atom stereocenters. The summed E-state index contributed by atoms with van der Waals surface area (Å²) < 4.78 is 17.0. The van der Waals surface area contributed by atoms with Crippen molar-refractivity contribution >= 4 is 15.9 Å². The lowest BCUT2D eigenvalue weighted by atomic mass is 10.3. The lowest BCUT2D eigenvalue weighted by Crippen LogP contribution is -2.33. The molecular formula is C15H24BrNO3. The number of nitrogens with zero attached hydrogens (tertiary/aromatic N) is 1. The van der Waals surface area contributed by atoms with Gasteiger partial charge < -0.3 is 14.2 Å². The Labute approximate surface area is 130 Å². The quantitative estimate of drug-likeness (QED) is 0.577. The highest BCUT2D eigenvalue weighted by molar-refractivity contribution is 9.10. The number of hydrogen-bond donors (Lipinski definition) is 0. The zero-order chi connectivity index (χ0) is 14.6. The van der Waals surface area contributed by atoms with Crippen molar-refractivity contribution in [2.24, 2.45) is 0 Å². The second-order valence-corrected chi connectivity index (χ2v) is 5.40. The fraction of sp³-hybridized carbons (Fsp3) is 0.600. The van der Waals surface area contributed by atoms with Crippen molar-refractivity contribution in [1.29, 1.82) is 0 Å². The summed E-state index contributed by atoms with van der Waals surface area (Å²) in [4.78, 5) is 2.33. The van der Waals surface area contributed by atoms with Crippen LogP contribution in [-0.4, -0.2) is 58.6 Å². The smallest absolute Gasteiger partial charge is 0.119 e. The van der Waals surface area contributed by atoms with E-state index >= 15 is 0 Å². The molecule has 0 fully saturated rings. The van der Waals surface area contributed by atoms with Crippen LogP contribution >= 0.6 is 15.9 Å². The molecule has 0 aromatic heterocycles. The Bertz CT molecular complexity index is 345. The van der Waals surface area contributed by atoms with Crippen LogP contribution in [0, 0.1) is 0 Å². The first-order valence-electron chi connectivity index (χ1n) is 6.85. The lowest BCUT2D eigenvalue weighted by molar-refractivity contribution is 0.121. The molecule has 0 aliphatic carbocycles. The van der Waals surface area contributed by atoms with Crippen LogP contribution in [-0.2, 0) is 9.47 Å². The van der Waals surface area contributed by atoms with E-state index in [1.54, 1.807) is 14.2 Å². The van der Waals surface area contributed by atoms with Crippen molar-refractivity contribution < 1.29 is 14.2 Å². The predicted octanol–water partition coefficient (Wildman–Crippen LogP) is 2.81. The summed E-state index contributed by atoms with van der Waals surface area (Å²) >= 11 is 3.41. The second-order valence-electron chi connectivity index (χ2n) is 4.48. The number of methoxy groups -OCH3 is 2. The lowest BCUT2D eigenvalue weighted by Gasteiger charge is -2.21. The number of benzene rings is 1. The Morgan fingerprint density at radius 1 is 0.900 bits per heavy atom. The predicted molar refractivity (Wildman–Crippen MR) is 84.4 cm³/mol. The number of halogens is 1. The van der Waals surface area contributed by atoms with Crippen LogP contribution < -0.4 is 4.74 Å². The van der Waals surface area contributed by atoms with E-state index < -0.39 is 0 Å². The molecule has 0 amide bonds. The SMILES string of the molecule is COCCCN(CCOC)CCOc1ccc(Br)cc1. The van der Waals surface area contributed by atoms with Crippen LogP contribution in [0.1, 0.15) is 6.42 Å². The van der Waals surface area contributed by atoms with Crippen molar-refractivity contribution in [2.75, 3.05) is 53.7 Å². The van der Waals surface area contributed by atoms with Crippen molar-refractivity contribution in [3.63, 3.8) is 0 Å². The molecule has 1 aromatic carbocycles. The molecule has 0 saturated heterocycles. The molecule has 0 unspecified atom stereocenters. The Morgan fingerprint density at radius 2 is 1.55 bits per heavy atom. The zero-order valence-electron chi connectivity index (χ0n) is 12.3. The first-order valence-corrected chi connectivity index (χ1v) is 7.64. The van der Waals surface area contributed by atoms with E-state index in [0.29, 0.717) is 6.61 Å². The Hall–Kier alpha value is -0.620. The Morgan fingerprint density at radius 3 is 2.20 bits per heavy atom. The second kappa shape index (κ2) is 11.1. The van der Waals surface area contributed by atoms with E-state index in [2.05, 4.69) is 20.8 Å². The summed E-state index contributed by atoms with van der Waals surface area (Å²) in [7, 11) is 3.46. The topological polar surface area (TPSA) is 30.9 Å². The fourth-order valence-corrected chi connectivity index (χ4v) is 2.08. The van der Waals surface area contributed by atoms with Gasteiger partial charge in [-0.1, -0.05) is 15.9 Å². The van der Waals surface area contributed by atoms with Crippen molar-refractivity contribution in [3.8, 4) is 5.75 Å². The summed E-state index contributed by atoms with van der Waals surface area (Å²) in [6, 6.07) is 7.90. The average Bonchev–Trinajstić information content (AvgIpc) is 2.46. The van der Waals surface area contributed by atoms with Gasteiger partial charge in [-0.2, -0.15) is 0 Å². The molecule has 5 heteroatoms. The normalized spacial score (nSPS) is 11.0. The Balaban J connectivity index is 2.27. The van der Waals surface area contributed by atoms with Gasteiger partial charge in [0.1, 0.15) is 12.4 Å². The molecule has 114 valence electrons. The summed E-state index contributed by atoms with van der Waals surface area (Å²) in [5.41, 5.74) is 0. The molecular weight excluding hydrogens is 322 g/mol. The third kappa shape index (κ3) is 7.85. The first-order chi connectivity index (χ1) is 9.76. The van der Waals surface area contributed by atoms with Gasteiger partial charge in [-0.25, -0.2) is 0 Å². The first kappa shape index (κ1) is 17.4. The average molecular weight is 346 g/mol. The minimum Gasteiger partial charge on any atom is -0.492 e. The number of ether oxygens (including phenoxy) is 3. The van der Waals surface area contributed by atoms with Crippen LogP contribution in [0.2, 0.25) is 0 Å². The molecule has 0 heterocycles. The molecule has 0 N–H and O–H groups in total. The summed E-state index contributed by atoms with van der Waals surface area (Å²) in [5, 5.41) is 0. The highest BCUT2D eigenvalue weighted by Crippen LogP contribution is 2.15. The largest absolute Gasteiger partial charge is 0.492 e. The van der Waals surface area contributed by atoms with Crippen molar-refractivity contribution in [1.82, 2.24) is 4.90 Å². The van der Waals surface area contributed by atoms with Gasteiger partial charge in [0, 0.05) is 44.9 Å². The van der Waals surface area contributed by atoms with Crippen molar-refractivity contribution in [2.45, 2.75) is 6.42 Å². The third-order valence-corrected chi connectivity index (χ3v) is 3.45. The number of hydrogen-bond acceptors (Lipinski definition) is 4. The van der Waals surface area contributed by atoms with E-state index in [1.165, 1.54) is 0 Å². The number of rotatable bonds is 11. The van der Waals surface area contributed by atoms with Gasteiger partial charge in [0.2, 0.25) is 0 Å². The van der Waals surface area contributed by atoms with Gasteiger partial charge >= 0.3 is 0 Å². The third-order valence-electron chi connectivity index (χ3n) is 2.92. The molecule has 0 saturated carbocycles. The van der Waals surface area contributed by atoms with E-state index in [4.69, 9.17) is 14.2 Å². The van der Waals surface area contributed by atoms with Crippen LogP contribution in [0.4, 0.5) is 0 Å². The highest BCUT2D eigenvalue weighted by Gasteiger charge is 2.05. The molecule has 0 spiro atoms. The minimum absolute atomic E-state index is 0.679. The van der Waals surface area contributed by atoms with Crippen LogP contribution in [0.25, 0.3) is 0 Å². The van der Waals surface area contributed by atoms with Gasteiger partial charge in [-0.15, -0.1) is 0 Å². The zero-order valence-corrected chi connectivity index (χ0v) is 13.9. The van der Waals surface area contributed by atoms with Gasteiger partial charge in [0.15, 0.2) is 0 Å². The Kier molecular flexibility index (Phi) is 9.66. The van der Waals surface area contributed by atoms with Crippen LogP contribution in [0.3, 0.4) is 0 Å². The minimum atomic E-state index is 0.679. The molecule has 0 radical (unpaired) electrons. The monoisotopic (exact) mass is 345 g/mol. The van der Waals surface area contributed by atoms with Crippen LogP contribution in [0.5, 0.6) is 5.75 Å². The van der Waals surface area contributed by atoms with E-state index in [-0.39, 0.29) is 0 Å². The van der Waals surface area contributed by atoms with Crippen LogP contribution in [0.15, 0.2) is 28.7 Å². The molecule has 1 rings (SSSR count). The van der Waals surface area contributed by atoms with Crippen molar-refractivity contribution in [3.05, 3.63) is 28.7 Å². The summed E-state index contributed by atoms with van der Waals surface area (Å²) in [6.45, 7) is 5.02. The fourth-order valence-electron chi connectivity index (χ4n) is 1.81. The molecule has 1 aromatic rings. The maximum Gasteiger partial charge on any atom is 0.119 e. The summed E-state index contributed by atoms with van der Waals surface area (Å²) in [6.07, 6.45) is 1.03. The standard InChI is InChI=1S/C15H24BrNO3/c1-18-11-3-8-17(9-12-19-2)10-13-20-15-6-4-14(16)5-7-15/h4-7H,3,8-13H2,1-2H3. The summed E-state index contributed by atoms with van der Waals surface area (Å²) in [5.74, 6) is 0.900. The molecule has 0 bridgehead atoms. The maximum atomic E-state index is 5.74. The van der Waals surface area contributed by atoms with E-state index in [9.17, 15) is 0 Å². The van der Waals surface area contributed by atoms with Gasteiger partial charge in [-0.3, -0.25) is 4.90 Å². The molecule has 0 aliphatic heterocycles. The molecule has 4 nitrogen and oxygen atoms in total. The van der Waals surface area contributed by atoms with E-state index in [0.717, 1.165) is 49.5 Å².